The minimum Gasteiger partial charge on any atom is -0.375 e. The molecule has 1 aliphatic carbocycles. The predicted molar refractivity (Wildman–Crippen MR) is 83.7 cm³/mol. The Bertz CT molecular complexity index is 474. The number of hydrogen-bond donors (Lipinski definition) is 1. The summed E-state index contributed by atoms with van der Waals surface area (Å²) in [6, 6.07) is 6.33. The topological polar surface area (TPSA) is 21.3 Å². The van der Waals surface area contributed by atoms with E-state index in [1.165, 1.54) is 25.7 Å². The van der Waals surface area contributed by atoms with Crippen molar-refractivity contribution in [2.24, 2.45) is 0 Å². The van der Waals surface area contributed by atoms with Gasteiger partial charge in [-0.2, -0.15) is 0 Å². The number of benzene rings is 1. The summed E-state index contributed by atoms with van der Waals surface area (Å²) in [6.07, 6.45) is 7.05. The van der Waals surface area contributed by atoms with Crippen molar-refractivity contribution in [2.75, 3.05) is 13.2 Å². The SMILES string of the molecule is Clc1ccc(CCNC2CCOC3(CCC3)C2)c(Cl)c1. The van der Waals surface area contributed by atoms with E-state index in [2.05, 4.69) is 5.32 Å². The van der Waals surface area contributed by atoms with Crippen LogP contribution in [0.4, 0.5) is 0 Å². The minimum absolute atomic E-state index is 0.216. The smallest absolute Gasteiger partial charge is 0.0697 e. The Labute approximate surface area is 130 Å². The Morgan fingerprint density at radius 2 is 2.15 bits per heavy atom. The number of hydrogen-bond acceptors (Lipinski definition) is 2. The summed E-state index contributed by atoms with van der Waals surface area (Å²) < 4.78 is 5.95. The lowest BCUT2D eigenvalue weighted by Crippen LogP contribution is -2.51. The zero-order valence-corrected chi connectivity index (χ0v) is 13.1. The van der Waals surface area contributed by atoms with E-state index in [1.807, 2.05) is 18.2 Å². The number of ether oxygens (including phenoxy) is 1. The Balaban J connectivity index is 1.47. The van der Waals surface area contributed by atoms with Gasteiger partial charge in [-0.25, -0.2) is 0 Å². The highest BCUT2D eigenvalue weighted by Gasteiger charge is 2.42. The first-order chi connectivity index (χ1) is 9.67. The third-order valence-corrected chi connectivity index (χ3v) is 5.19. The van der Waals surface area contributed by atoms with Crippen LogP contribution in [0.2, 0.25) is 10.0 Å². The largest absolute Gasteiger partial charge is 0.375 e. The molecule has 0 aromatic heterocycles. The molecule has 1 aliphatic heterocycles. The maximum Gasteiger partial charge on any atom is 0.0697 e. The van der Waals surface area contributed by atoms with Gasteiger partial charge < -0.3 is 10.1 Å². The molecule has 1 saturated carbocycles. The predicted octanol–water partition coefficient (Wildman–Crippen LogP) is 4.23. The molecule has 20 heavy (non-hydrogen) atoms. The molecule has 110 valence electrons. The molecule has 1 N–H and O–H groups in total. The van der Waals surface area contributed by atoms with Gasteiger partial charge in [-0.15, -0.1) is 0 Å². The van der Waals surface area contributed by atoms with E-state index in [1.54, 1.807) is 0 Å². The van der Waals surface area contributed by atoms with Gasteiger partial charge in [0, 0.05) is 22.7 Å². The summed E-state index contributed by atoms with van der Waals surface area (Å²) in [7, 11) is 0. The second-order valence-electron chi connectivity index (χ2n) is 6.01. The zero-order valence-electron chi connectivity index (χ0n) is 11.6. The standard InChI is InChI=1S/C16H21Cl2NO/c17-13-3-2-12(15(18)10-13)4-8-19-14-5-9-20-16(11-14)6-1-7-16/h2-3,10,14,19H,1,4-9,11H2. The lowest BCUT2D eigenvalue weighted by Gasteiger charge is -2.47. The summed E-state index contributed by atoms with van der Waals surface area (Å²) in [6.45, 7) is 1.86. The second kappa shape index (κ2) is 6.23. The van der Waals surface area contributed by atoms with Crippen molar-refractivity contribution < 1.29 is 4.74 Å². The normalized spacial score (nSPS) is 24.6. The van der Waals surface area contributed by atoms with E-state index in [9.17, 15) is 0 Å². The van der Waals surface area contributed by atoms with Crippen LogP contribution in [0.5, 0.6) is 0 Å². The molecular weight excluding hydrogens is 293 g/mol. The molecule has 1 spiro atoms. The van der Waals surface area contributed by atoms with E-state index in [0.717, 1.165) is 36.6 Å². The highest BCUT2D eigenvalue weighted by atomic mass is 35.5. The van der Waals surface area contributed by atoms with Gasteiger partial charge in [-0.1, -0.05) is 29.3 Å². The fourth-order valence-electron chi connectivity index (χ4n) is 3.26. The monoisotopic (exact) mass is 313 g/mol. The molecule has 3 rings (SSSR count). The fourth-order valence-corrected chi connectivity index (χ4v) is 3.76. The van der Waals surface area contributed by atoms with Crippen molar-refractivity contribution in [2.45, 2.75) is 50.2 Å². The molecule has 0 amide bonds. The summed E-state index contributed by atoms with van der Waals surface area (Å²) >= 11 is 12.1. The van der Waals surface area contributed by atoms with Gasteiger partial charge in [-0.05, 0) is 62.8 Å². The van der Waals surface area contributed by atoms with E-state index in [0.29, 0.717) is 11.1 Å². The molecule has 1 saturated heterocycles. The van der Waals surface area contributed by atoms with Gasteiger partial charge in [0.1, 0.15) is 0 Å². The molecule has 0 bridgehead atoms. The third kappa shape index (κ3) is 3.30. The average Bonchev–Trinajstić information content (AvgIpc) is 2.40. The van der Waals surface area contributed by atoms with Crippen LogP contribution >= 0.6 is 23.2 Å². The Kier molecular flexibility index (Phi) is 4.56. The van der Waals surface area contributed by atoms with Crippen LogP contribution in [0.3, 0.4) is 0 Å². The summed E-state index contributed by atoms with van der Waals surface area (Å²) in [5, 5.41) is 5.13. The van der Waals surface area contributed by atoms with E-state index in [4.69, 9.17) is 27.9 Å². The van der Waals surface area contributed by atoms with Gasteiger partial charge in [0.15, 0.2) is 0 Å². The van der Waals surface area contributed by atoms with Crippen LogP contribution in [0.25, 0.3) is 0 Å². The number of nitrogens with one attached hydrogen (secondary N) is 1. The van der Waals surface area contributed by atoms with Crippen LogP contribution in [-0.4, -0.2) is 24.8 Å². The van der Waals surface area contributed by atoms with Gasteiger partial charge in [-0.3, -0.25) is 0 Å². The number of halogens is 2. The first-order valence-electron chi connectivity index (χ1n) is 7.48. The molecule has 2 aliphatic rings. The van der Waals surface area contributed by atoms with E-state index in [-0.39, 0.29) is 5.60 Å². The molecule has 4 heteroatoms. The van der Waals surface area contributed by atoms with Crippen molar-refractivity contribution in [3.8, 4) is 0 Å². The Morgan fingerprint density at radius 1 is 1.30 bits per heavy atom. The molecule has 2 nitrogen and oxygen atoms in total. The summed E-state index contributed by atoms with van der Waals surface area (Å²) in [5.41, 5.74) is 1.38. The first kappa shape index (κ1) is 14.6. The molecule has 0 radical (unpaired) electrons. The Morgan fingerprint density at radius 3 is 2.85 bits per heavy atom. The van der Waals surface area contributed by atoms with Crippen molar-refractivity contribution in [3.05, 3.63) is 33.8 Å². The van der Waals surface area contributed by atoms with Crippen LogP contribution in [0, 0.1) is 0 Å². The van der Waals surface area contributed by atoms with Crippen molar-refractivity contribution in [1.82, 2.24) is 5.32 Å². The third-order valence-electron chi connectivity index (χ3n) is 4.60. The molecular formula is C16H21Cl2NO. The lowest BCUT2D eigenvalue weighted by atomic mass is 9.74. The molecule has 1 unspecified atom stereocenters. The zero-order chi connectivity index (χ0) is 14.0. The lowest BCUT2D eigenvalue weighted by molar-refractivity contribution is -0.135. The van der Waals surface area contributed by atoms with Gasteiger partial charge >= 0.3 is 0 Å². The molecule has 1 aromatic rings. The molecule has 2 fully saturated rings. The van der Waals surface area contributed by atoms with Crippen LogP contribution < -0.4 is 5.32 Å². The van der Waals surface area contributed by atoms with Crippen molar-refractivity contribution >= 4 is 23.2 Å². The fraction of sp³-hybridized carbons (Fsp3) is 0.625. The summed E-state index contributed by atoms with van der Waals surface area (Å²) in [5.74, 6) is 0. The van der Waals surface area contributed by atoms with Crippen LogP contribution in [-0.2, 0) is 11.2 Å². The molecule has 1 atom stereocenters. The first-order valence-corrected chi connectivity index (χ1v) is 8.24. The van der Waals surface area contributed by atoms with E-state index >= 15 is 0 Å². The molecule has 1 aromatic carbocycles. The van der Waals surface area contributed by atoms with E-state index < -0.39 is 0 Å². The van der Waals surface area contributed by atoms with Gasteiger partial charge in [0.05, 0.1) is 5.60 Å². The summed E-state index contributed by atoms with van der Waals surface area (Å²) in [4.78, 5) is 0. The van der Waals surface area contributed by atoms with Crippen LogP contribution in [0.15, 0.2) is 18.2 Å². The van der Waals surface area contributed by atoms with Gasteiger partial charge in [0.2, 0.25) is 0 Å². The van der Waals surface area contributed by atoms with Crippen molar-refractivity contribution in [1.29, 1.82) is 0 Å². The Hall–Kier alpha value is -0.280. The molecule has 1 heterocycles. The van der Waals surface area contributed by atoms with Gasteiger partial charge in [0.25, 0.3) is 0 Å². The number of rotatable bonds is 4. The highest BCUT2D eigenvalue weighted by Crippen LogP contribution is 2.42. The van der Waals surface area contributed by atoms with Crippen LogP contribution in [0.1, 0.15) is 37.7 Å². The second-order valence-corrected chi connectivity index (χ2v) is 6.86. The van der Waals surface area contributed by atoms with Crippen molar-refractivity contribution in [3.63, 3.8) is 0 Å². The maximum absolute atomic E-state index is 6.20. The maximum atomic E-state index is 6.20. The quantitative estimate of drug-likeness (QED) is 0.898. The average molecular weight is 314 g/mol. The minimum atomic E-state index is 0.216. The highest BCUT2D eigenvalue weighted by molar-refractivity contribution is 6.35.